The highest BCUT2D eigenvalue weighted by atomic mass is 16.5. The summed E-state index contributed by atoms with van der Waals surface area (Å²) >= 11 is 0. The van der Waals surface area contributed by atoms with Crippen LogP contribution in [0.1, 0.15) is 52.5 Å². The van der Waals surface area contributed by atoms with Crippen LogP contribution in [0.2, 0.25) is 0 Å². The molecule has 0 bridgehead atoms. The summed E-state index contributed by atoms with van der Waals surface area (Å²) < 4.78 is 5.91. The number of hydrogen-bond donors (Lipinski definition) is 2. The summed E-state index contributed by atoms with van der Waals surface area (Å²) in [5, 5.41) is 9.29. The largest absolute Gasteiger partial charge is 0.493 e. The molecule has 114 valence electrons. The lowest BCUT2D eigenvalue weighted by Crippen LogP contribution is -2.43. The summed E-state index contributed by atoms with van der Waals surface area (Å²) in [6.45, 7) is 9.22. The number of ether oxygens (including phenoxy) is 1. The maximum absolute atomic E-state index is 9.29. The van der Waals surface area contributed by atoms with Crippen molar-refractivity contribution in [3.8, 4) is 5.75 Å². The van der Waals surface area contributed by atoms with Crippen LogP contribution in [0.4, 0.5) is 0 Å². The minimum absolute atomic E-state index is 0.0298. The van der Waals surface area contributed by atoms with Gasteiger partial charge in [-0.3, -0.25) is 0 Å². The number of aliphatic hydroxyl groups excluding tert-OH is 1. The second kappa shape index (κ2) is 7.09. The zero-order valence-electron chi connectivity index (χ0n) is 13.3. The Bertz CT molecular complexity index is 406. The smallest absolute Gasteiger partial charge is 0.123 e. The van der Waals surface area contributed by atoms with Gasteiger partial charge in [0, 0.05) is 5.54 Å². The van der Waals surface area contributed by atoms with Crippen LogP contribution < -0.4 is 10.5 Å². The van der Waals surface area contributed by atoms with Crippen molar-refractivity contribution in [2.24, 2.45) is 5.73 Å². The average Bonchev–Trinajstić information content (AvgIpc) is 2.43. The highest BCUT2D eigenvalue weighted by molar-refractivity contribution is 5.38. The summed E-state index contributed by atoms with van der Waals surface area (Å²) in [6.07, 6.45) is 2.41. The van der Waals surface area contributed by atoms with E-state index in [0.717, 1.165) is 25.0 Å². The van der Waals surface area contributed by atoms with Gasteiger partial charge < -0.3 is 15.6 Å². The second-order valence-corrected chi connectivity index (χ2v) is 6.57. The van der Waals surface area contributed by atoms with Crippen molar-refractivity contribution in [1.82, 2.24) is 0 Å². The SMILES string of the molecule is CCC(N)(CO)CCCOc1ccccc1C(C)(C)C. The first-order valence-electron chi connectivity index (χ1n) is 7.44. The molecule has 0 saturated carbocycles. The van der Waals surface area contributed by atoms with Crippen LogP contribution in [0.25, 0.3) is 0 Å². The van der Waals surface area contributed by atoms with Gasteiger partial charge in [0.05, 0.1) is 13.2 Å². The highest BCUT2D eigenvalue weighted by Gasteiger charge is 2.21. The molecule has 3 nitrogen and oxygen atoms in total. The van der Waals surface area contributed by atoms with Gasteiger partial charge in [-0.1, -0.05) is 45.9 Å². The molecule has 20 heavy (non-hydrogen) atoms. The molecule has 0 heterocycles. The van der Waals surface area contributed by atoms with E-state index in [9.17, 15) is 5.11 Å². The fourth-order valence-electron chi connectivity index (χ4n) is 2.19. The van der Waals surface area contributed by atoms with Gasteiger partial charge in [0.2, 0.25) is 0 Å². The van der Waals surface area contributed by atoms with Gasteiger partial charge in [0.1, 0.15) is 5.75 Å². The van der Waals surface area contributed by atoms with Crippen LogP contribution in [-0.4, -0.2) is 23.9 Å². The number of nitrogens with two attached hydrogens (primary N) is 1. The quantitative estimate of drug-likeness (QED) is 0.753. The Morgan fingerprint density at radius 2 is 1.85 bits per heavy atom. The monoisotopic (exact) mass is 279 g/mol. The van der Waals surface area contributed by atoms with E-state index in [1.54, 1.807) is 0 Å². The van der Waals surface area contributed by atoms with E-state index in [1.807, 2.05) is 25.1 Å². The number of aliphatic hydroxyl groups is 1. The summed E-state index contributed by atoms with van der Waals surface area (Å²) in [7, 11) is 0. The standard InChI is InChI=1S/C17H29NO2/c1-5-17(18,13-19)11-8-12-20-15-10-7-6-9-14(15)16(2,3)4/h6-7,9-10,19H,5,8,11-13,18H2,1-4H3. The van der Waals surface area contributed by atoms with Crippen molar-refractivity contribution < 1.29 is 9.84 Å². The predicted molar refractivity (Wildman–Crippen MR) is 84.2 cm³/mol. The number of hydrogen-bond acceptors (Lipinski definition) is 3. The number of para-hydroxylation sites is 1. The van der Waals surface area contributed by atoms with E-state index < -0.39 is 5.54 Å². The maximum Gasteiger partial charge on any atom is 0.123 e. The van der Waals surface area contributed by atoms with Crippen LogP contribution in [-0.2, 0) is 5.41 Å². The van der Waals surface area contributed by atoms with Crippen molar-refractivity contribution in [3.05, 3.63) is 29.8 Å². The molecule has 0 radical (unpaired) electrons. The third-order valence-electron chi connectivity index (χ3n) is 3.79. The van der Waals surface area contributed by atoms with Crippen molar-refractivity contribution in [3.63, 3.8) is 0 Å². The molecule has 1 aromatic carbocycles. The summed E-state index contributed by atoms with van der Waals surface area (Å²) in [5.74, 6) is 0.947. The van der Waals surface area contributed by atoms with Gasteiger partial charge in [-0.2, -0.15) is 0 Å². The normalized spacial score (nSPS) is 14.9. The molecular formula is C17H29NO2. The first kappa shape index (κ1) is 17.0. The molecule has 1 aromatic rings. The zero-order valence-corrected chi connectivity index (χ0v) is 13.3. The Balaban J connectivity index is 2.55. The van der Waals surface area contributed by atoms with E-state index in [0.29, 0.717) is 6.61 Å². The lowest BCUT2D eigenvalue weighted by Gasteiger charge is -2.26. The molecule has 0 aliphatic carbocycles. The van der Waals surface area contributed by atoms with E-state index in [-0.39, 0.29) is 12.0 Å². The lowest BCUT2D eigenvalue weighted by atomic mass is 9.86. The minimum Gasteiger partial charge on any atom is -0.493 e. The minimum atomic E-state index is -0.465. The average molecular weight is 279 g/mol. The van der Waals surface area contributed by atoms with Gasteiger partial charge in [0.15, 0.2) is 0 Å². The topological polar surface area (TPSA) is 55.5 Å². The van der Waals surface area contributed by atoms with Crippen LogP contribution in [0.15, 0.2) is 24.3 Å². The molecule has 0 amide bonds. The Morgan fingerprint density at radius 1 is 1.20 bits per heavy atom. The lowest BCUT2D eigenvalue weighted by molar-refractivity contribution is 0.171. The van der Waals surface area contributed by atoms with Gasteiger partial charge in [-0.05, 0) is 36.3 Å². The van der Waals surface area contributed by atoms with Gasteiger partial charge in [-0.15, -0.1) is 0 Å². The fraction of sp³-hybridized carbons (Fsp3) is 0.647. The summed E-state index contributed by atoms with van der Waals surface area (Å²) in [4.78, 5) is 0. The van der Waals surface area contributed by atoms with Gasteiger partial charge in [-0.25, -0.2) is 0 Å². The molecule has 0 spiro atoms. The molecular weight excluding hydrogens is 250 g/mol. The third-order valence-corrected chi connectivity index (χ3v) is 3.79. The van der Waals surface area contributed by atoms with Crippen molar-refractivity contribution in [2.45, 2.75) is 57.9 Å². The second-order valence-electron chi connectivity index (χ2n) is 6.57. The van der Waals surface area contributed by atoms with E-state index in [2.05, 4.69) is 26.8 Å². The van der Waals surface area contributed by atoms with Crippen LogP contribution in [0.5, 0.6) is 5.75 Å². The Morgan fingerprint density at radius 3 is 2.40 bits per heavy atom. The molecule has 1 rings (SSSR count). The maximum atomic E-state index is 9.29. The first-order chi connectivity index (χ1) is 9.32. The third kappa shape index (κ3) is 4.80. The van der Waals surface area contributed by atoms with Crippen molar-refractivity contribution in [1.29, 1.82) is 0 Å². The van der Waals surface area contributed by atoms with E-state index in [4.69, 9.17) is 10.5 Å². The molecule has 0 aliphatic rings. The summed E-state index contributed by atoms with van der Waals surface area (Å²) in [5.41, 5.74) is 6.90. The molecule has 1 unspecified atom stereocenters. The van der Waals surface area contributed by atoms with Crippen LogP contribution in [0, 0.1) is 0 Å². The molecule has 0 aliphatic heterocycles. The van der Waals surface area contributed by atoms with Gasteiger partial charge >= 0.3 is 0 Å². The van der Waals surface area contributed by atoms with Crippen molar-refractivity contribution >= 4 is 0 Å². The zero-order chi connectivity index (χ0) is 15.2. The first-order valence-corrected chi connectivity index (χ1v) is 7.44. The predicted octanol–water partition coefficient (Wildman–Crippen LogP) is 3.24. The Hall–Kier alpha value is -1.06. The van der Waals surface area contributed by atoms with Crippen molar-refractivity contribution in [2.75, 3.05) is 13.2 Å². The molecule has 1 atom stereocenters. The van der Waals surface area contributed by atoms with Crippen LogP contribution >= 0.6 is 0 Å². The highest BCUT2D eigenvalue weighted by Crippen LogP contribution is 2.31. The Labute approximate surface area is 123 Å². The van der Waals surface area contributed by atoms with Gasteiger partial charge in [0.25, 0.3) is 0 Å². The molecule has 3 N–H and O–H groups in total. The summed E-state index contributed by atoms with van der Waals surface area (Å²) in [6, 6.07) is 8.17. The fourth-order valence-corrected chi connectivity index (χ4v) is 2.19. The van der Waals surface area contributed by atoms with E-state index in [1.165, 1.54) is 5.56 Å². The molecule has 0 aromatic heterocycles. The number of benzene rings is 1. The molecule has 0 fully saturated rings. The Kier molecular flexibility index (Phi) is 6.03. The molecule has 0 saturated heterocycles. The van der Waals surface area contributed by atoms with E-state index >= 15 is 0 Å². The van der Waals surface area contributed by atoms with Crippen LogP contribution in [0.3, 0.4) is 0 Å². The number of rotatable bonds is 7. The molecule has 3 heteroatoms.